The summed E-state index contributed by atoms with van der Waals surface area (Å²) in [6.45, 7) is 35.4. The minimum absolute atomic E-state index is 0.898. The third-order valence-electron chi connectivity index (χ3n) is 1.37. The zero-order valence-electron chi connectivity index (χ0n) is 19.0. The van der Waals surface area contributed by atoms with Crippen LogP contribution in [0.2, 0.25) is 0 Å². The summed E-state index contributed by atoms with van der Waals surface area (Å²) in [5.41, 5.74) is 0. The highest BCUT2D eigenvalue weighted by molar-refractivity contribution is 4.38. The van der Waals surface area contributed by atoms with Crippen LogP contribution in [0.25, 0.3) is 0 Å². The number of rotatable bonds is 4. The molecule has 1 N–H and O–H groups in total. The van der Waals surface area contributed by atoms with E-state index in [1.165, 1.54) is 19.3 Å². The van der Waals surface area contributed by atoms with E-state index >= 15 is 0 Å². The van der Waals surface area contributed by atoms with Gasteiger partial charge in [0.25, 0.3) is 0 Å². The van der Waals surface area contributed by atoms with Crippen molar-refractivity contribution in [3.8, 4) is 0 Å². The molecule has 0 aliphatic carbocycles. The van der Waals surface area contributed by atoms with Gasteiger partial charge in [-0.25, -0.2) is 0 Å². The molecule has 0 aliphatic rings. The average Bonchev–Trinajstić information content (AvgIpc) is 2.57. The Morgan fingerprint density at radius 1 is 0.682 bits per heavy atom. The predicted molar refractivity (Wildman–Crippen MR) is 115 cm³/mol. The fourth-order valence-electron chi connectivity index (χ4n) is 0.827. The Kier molecular flexibility index (Phi) is 208. The van der Waals surface area contributed by atoms with E-state index in [0.29, 0.717) is 0 Å². The standard InChI is InChI=1S/C6H14.C4H11N.C3H8.3C2H6.C2H4/c1-4-5-6(2)3;1-3-5-4-2;1-3-2;4*1-2/h6H,4-5H2,1-3H3;5H,3-4H2,1-2H3;3H2,1-2H3;3*1-2H3;1-2H2. The van der Waals surface area contributed by atoms with Crippen LogP contribution in [-0.4, -0.2) is 13.1 Å². The smallest absolute Gasteiger partial charge is 0.00775 e. The Bertz CT molecular complexity index is 68.3. The molecular formula is C21H55N. The lowest BCUT2D eigenvalue weighted by atomic mass is 10.1. The molecule has 1 nitrogen and oxygen atoms in total. The molecule has 0 atom stereocenters. The van der Waals surface area contributed by atoms with Gasteiger partial charge >= 0.3 is 0 Å². The van der Waals surface area contributed by atoms with E-state index in [2.05, 4.69) is 66.9 Å². The van der Waals surface area contributed by atoms with E-state index < -0.39 is 0 Å². The van der Waals surface area contributed by atoms with Crippen LogP contribution in [0.5, 0.6) is 0 Å². The topological polar surface area (TPSA) is 12.0 Å². The molecule has 0 aliphatic heterocycles. The molecule has 0 spiro atoms. The summed E-state index contributed by atoms with van der Waals surface area (Å²) in [6, 6.07) is 0. The normalized spacial score (nSPS) is 6.45. The van der Waals surface area contributed by atoms with E-state index in [-0.39, 0.29) is 0 Å². The molecule has 0 bridgehead atoms. The fourth-order valence-corrected chi connectivity index (χ4v) is 0.827. The highest BCUT2D eigenvalue weighted by Gasteiger charge is 1.85. The van der Waals surface area contributed by atoms with Gasteiger partial charge in [0, 0.05) is 0 Å². The van der Waals surface area contributed by atoms with Gasteiger partial charge in [0.15, 0.2) is 0 Å². The highest BCUT2D eigenvalue weighted by Crippen LogP contribution is 2.00. The van der Waals surface area contributed by atoms with Gasteiger partial charge in [0.2, 0.25) is 0 Å². The van der Waals surface area contributed by atoms with Crippen LogP contribution in [-0.2, 0) is 0 Å². The monoisotopic (exact) mass is 321 g/mol. The van der Waals surface area contributed by atoms with Gasteiger partial charge < -0.3 is 5.32 Å². The Morgan fingerprint density at radius 3 is 0.909 bits per heavy atom. The third kappa shape index (κ3) is 312. The molecular weight excluding hydrogens is 266 g/mol. The first-order valence-corrected chi connectivity index (χ1v) is 9.81. The largest absolute Gasteiger partial charge is 0.317 e. The van der Waals surface area contributed by atoms with Gasteiger partial charge in [-0.1, -0.05) is 109 Å². The number of nitrogens with one attached hydrogen (secondary N) is 1. The minimum Gasteiger partial charge on any atom is -0.317 e. The lowest BCUT2D eigenvalue weighted by molar-refractivity contribution is 0.576. The lowest BCUT2D eigenvalue weighted by Crippen LogP contribution is -2.09. The molecule has 0 saturated carbocycles. The van der Waals surface area contributed by atoms with Crippen LogP contribution in [0.3, 0.4) is 0 Å². The zero-order valence-corrected chi connectivity index (χ0v) is 19.0. The molecule has 22 heavy (non-hydrogen) atoms. The number of hydrogen-bond donors (Lipinski definition) is 1. The van der Waals surface area contributed by atoms with Crippen molar-refractivity contribution >= 4 is 0 Å². The second-order valence-electron chi connectivity index (χ2n) is 3.85. The average molecular weight is 322 g/mol. The second-order valence-corrected chi connectivity index (χ2v) is 3.85. The number of hydrogen-bond acceptors (Lipinski definition) is 1. The maximum absolute atomic E-state index is 3.11. The highest BCUT2D eigenvalue weighted by atomic mass is 14.8. The lowest BCUT2D eigenvalue weighted by Gasteiger charge is -1.95. The van der Waals surface area contributed by atoms with Crippen molar-refractivity contribution in [2.45, 2.75) is 109 Å². The summed E-state index contributed by atoms with van der Waals surface area (Å²) < 4.78 is 0. The zero-order chi connectivity index (χ0) is 19.8. The Labute approximate surface area is 147 Å². The van der Waals surface area contributed by atoms with E-state index in [9.17, 15) is 0 Å². The third-order valence-corrected chi connectivity index (χ3v) is 1.37. The summed E-state index contributed by atoms with van der Waals surface area (Å²) in [7, 11) is 0. The Balaban J connectivity index is -0.0000000256. The van der Waals surface area contributed by atoms with Crippen LogP contribution < -0.4 is 5.32 Å². The van der Waals surface area contributed by atoms with E-state index in [4.69, 9.17) is 0 Å². The summed E-state index contributed by atoms with van der Waals surface area (Å²) in [4.78, 5) is 0. The van der Waals surface area contributed by atoms with Crippen LogP contribution in [0.15, 0.2) is 13.2 Å². The first kappa shape index (κ1) is 43.0. The van der Waals surface area contributed by atoms with Crippen molar-refractivity contribution < 1.29 is 0 Å². The van der Waals surface area contributed by atoms with Crippen LogP contribution >= 0.6 is 0 Å². The van der Waals surface area contributed by atoms with Gasteiger partial charge in [-0.15, -0.1) is 13.2 Å². The van der Waals surface area contributed by atoms with Crippen molar-refractivity contribution in [3.05, 3.63) is 13.2 Å². The summed E-state index contributed by atoms with van der Waals surface area (Å²) >= 11 is 0. The second kappa shape index (κ2) is 106. The maximum atomic E-state index is 3.11. The molecule has 0 aromatic heterocycles. The van der Waals surface area contributed by atoms with Crippen LogP contribution in [0.4, 0.5) is 0 Å². The van der Waals surface area contributed by atoms with Gasteiger partial charge in [0.05, 0.1) is 0 Å². The molecule has 0 radical (unpaired) electrons. The maximum Gasteiger partial charge on any atom is -0.00775 e. The van der Waals surface area contributed by atoms with Crippen molar-refractivity contribution in [2.24, 2.45) is 5.92 Å². The molecule has 0 heterocycles. The predicted octanol–water partition coefficient (Wildman–Crippen LogP) is 8.36. The Hall–Kier alpha value is -0.300. The molecule has 0 fully saturated rings. The quantitative estimate of drug-likeness (QED) is 0.513. The van der Waals surface area contributed by atoms with E-state index in [1.807, 2.05) is 41.5 Å². The molecule has 0 rings (SSSR count). The van der Waals surface area contributed by atoms with Gasteiger partial charge in [-0.2, -0.15) is 0 Å². The molecule has 0 saturated heterocycles. The summed E-state index contributed by atoms with van der Waals surface area (Å²) in [5, 5.41) is 3.11. The van der Waals surface area contributed by atoms with Crippen molar-refractivity contribution in [1.82, 2.24) is 5.32 Å². The van der Waals surface area contributed by atoms with Crippen molar-refractivity contribution in [2.75, 3.05) is 13.1 Å². The summed E-state index contributed by atoms with van der Waals surface area (Å²) in [6.07, 6.45) is 3.96. The molecule has 0 unspecified atom stereocenters. The first-order valence-electron chi connectivity index (χ1n) is 9.81. The van der Waals surface area contributed by atoms with E-state index in [1.54, 1.807) is 0 Å². The molecule has 0 aromatic carbocycles. The van der Waals surface area contributed by atoms with Crippen LogP contribution in [0.1, 0.15) is 109 Å². The fraction of sp³-hybridized carbons (Fsp3) is 0.905. The van der Waals surface area contributed by atoms with Crippen molar-refractivity contribution in [1.29, 1.82) is 0 Å². The van der Waals surface area contributed by atoms with Crippen molar-refractivity contribution in [3.63, 3.8) is 0 Å². The van der Waals surface area contributed by atoms with Crippen LogP contribution in [0, 0.1) is 5.92 Å². The first-order chi connectivity index (χ1) is 10.6. The molecule has 0 aromatic rings. The summed E-state index contributed by atoms with van der Waals surface area (Å²) in [5.74, 6) is 0.898. The molecule has 0 amide bonds. The SMILES string of the molecule is C=C.CC.CC.CC.CCC.CCCC(C)C.CCNCC. The molecule has 144 valence electrons. The van der Waals surface area contributed by atoms with E-state index in [0.717, 1.165) is 19.0 Å². The Morgan fingerprint density at radius 2 is 0.909 bits per heavy atom. The van der Waals surface area contributed by atoms with Gasteiger partial charge in [0.1, 0.15) is 0 Å². The molecule has 1 heteroatoms. The minimum atomic E-state index is 0.898. The van der Waals surface area contributed by atoms with Gasteiger partial charge in [-0.05, 0) is 19.0 Å². The van der Waals surface area contributed by atoms with Gasteiger partial charge in [-0.3, -0.25) is 0 Å².